The highest BCUT2D eigenvalue weighted by molar-refractivity contribution is 5.89. The Bertz CT molecular complexity index is 414. The summed E-state index contributed by atoms with van der Waals surface area (Å²) < 4.78 is 1.97. The number of carbonyl (C=O) groups is 1. The summed E-state index contributed by atoms with van der Waals surface area (Å²) in [6.45, 7) is 7.98. The lowest BCUT2D eigenvalue weighted by molar-refractivity contribution is -0.136. The number of aryl methyl sites for hydroxylation is 2. The van der Waals surface area contributed by atoms with Crippen LogP contribution in [0.4, 0.5) is 0 Å². The number of nitrogens with zero attached hydrogens (tertiary/aromatic N) is 2. The van der Waals surface area contributed by atoms with Gasteiger partial charge in [0.2, 0.25) is 0 Å². The molecule has 0 amide bonds. The van der Waals surface area contributed by atoms with E-state index in [0.29, 0.717) is 5.78 Å². The second-order valence-corrected chi connectivity index (χ2v) is 5.24. The number of ketones is 1. The summed E-state index contributed by atoms with van der Waals surface area (Å²) in [5.74, 6) is 0.425. The molecule has 88 valence electrons. The lowest BCUT2D eigenvalue weighted by Gasteiger charge is -2.42. The zero-order valence-electron chi connectivity index (χ0n) is 10.6. The van der Waals surface area contributed by atoms with E-state index in [2.05, 4.69) is 5.10 Å². The average molecular weight is 220 g/mol. The van der Waals surface area contributed by atoms with Crippen molar-refractivity contribution in [3.63, 3.8) is 0 Å². The molecule has 1 aliphatic carbocycles. The zero-order valence-corrected chi connectivity index (χ0v) is 10.6. The van der Waals surface area contributed by atoms with Crippen LogP contribution in [-0.4, -0.2) is 15.6 Å². The van der Waals surface area contributed by atoms with E-state index < -0.39 is 0 Å². The van der Waals surface area contributed by atoms with Crippen molar-refractivity contribution in [1.29, 1.82) is 0 Å². The summed E-state index contributed by atoms with van der Waals surface area (Å²) in [6, 6.07) is 2.05. The molecule has 3 nitrogen and oxygen atoms in total. The molecule has 0 atom stereocenters. The Morgan fingerprint density at radius 2 is 2.06 bits per heavy atom. The van der Waals surface area contributed by atoms with Gasteiger partial charge in [0.1, 0.15) is 5.54 Å². The minimum absolute atomic E-state index is 0.0872. The fourth-order valence-corrected chi connectivity index (χ4v) is 2.67. The van der Waals surface area contributed by atoms with Crippen LogP contribution in [0.15, 0.2) is 6.07 Å². The summed E-state index contributed by atoms with van der Waals surface area (Å²) in [6.07, 6.45) is 3.04. The summed E-state index contributed by atoms with van der Waals surface area (Å²) in [5.41, 5.74) is 1.78. The maximum atomic E-state index is 12.3. The average Bonchev–Trinajstić information content (AvgIpc) is 2.44. The van der Waals surface area contributed by atoms with Crippen LogP contribution < -0.4 is 0 Å². The Kier molecular flexibility index (Phi) is 2.64. The molecule has 1 fully saturated rings. The lowest BCUT2D eigenvalue weighted by atomic mass is 9.70. The monoisotopic (exact) mass is 220 g/mol. The van der Waals surface area contributed by atoms with Gasteiger partial charge in [-0.25, -0.2) is 0 Å². The van der Waals surface area contributed by atoms with Crippen LogP contribution in [0.1, 0.15) is 44.5 Å². The van der Waals surface area contributed by atoms with E-state index in [4.69, 9.17) is 0 Å². The fourth-order valence-electron chi connectivity index (χ4n) is 2.67. The van der Waals surface area contributed by atoms with Gasteiger partial charge in [0.15, 0.2) is 5.78 Å². The normalized spacial score (nSPS) is 18.6. The Labute approximate surface area is 96.8 Å². The Balaban J connectivity index is 2.42. The molecule has 1 saturated carbocycles. The zero-order chi connectivity index (χ0) is 11.9. The Morgan fingerprint density at radius 3 is 2.38 bits per heavy atom. The quantitative estimate of drug-likeness (QED) is 0.784. The van der Waals surface area contributed by atoms with Crippen LogP contribution in [0.3, 0.4) is 0 Å². The fraction of sp³-hybridized carbons (Fsp3) is 0.692. The van der Waals surface area contributed by atoms with Gasteiger partial charge < -0.3 is 0 Å². The molecular formula is C13H20N2O. The van der Waals surface area contributed by atoms with Gasteiger partial charge in [0.25, 0.3) is 0 Å². The lowest BCUT2D eigenvalue weighted by Crippen LogP contribution is -2.50. The third-order valence-electron chi connectivity index (χ3n) is 3.58. The van der Waals surface area contributed by atoms with Gasteiger partial charge in [-0.05, 0) is 39.2 Å². The first kappa shape index (κ1) is 11.4. The largest absolute Gasteiger partial charge is 0.297 e. The molecule has 0 radical (unpaired) electrons. The highest BCUT2D eigenvalue weighted by Gasteiger charge is 2.47. The highest BCUT2D eigenvalue weighted by atomic mass is 16.1. The first-order chi connectivity index (χ1) is 7.47. The minimum Gasteiger partial charge on any atom is -0.297 e. The summed E-state index contributed by atoms with van der Waals surface area (Å²) >= 11 is 0. The topological polar surface area (TPSA) is 34.9 Å². The van der Waals surface area contributed by atoms with Gasteiger partial charge in [-0.1, -0.05) is 13.8 Å². The van der Waals surface area contributed by atoms with Crippen molar-refractivity contribution < 1.29 is 4.79 Å². The van der Waals surface area contributed by atoms with Crippen molar-refractivity contribution in [2.75, 3.05) is 0 Å². The predicted octanol–water partition coefficient (Wildman–Crippen LogP) is 2.60. The molecule has 1 aromatic rings. The molecule has 3 heteroatoms. The van der Waals surface area contributed by atoms with E-state index in [9.17, 15) is 4.79 Å². The Morgan fingerprint density at radius 1 is 1.44 bits per heavy atom. The van der Waals surface area contributed by atoms with E-state index in [-0.39, 0.29) is 11.5 Å². The number of rotatable bonds is 3. The SMILES string of the molecule is Cc1cc(C)n(C2(C(=O)C(C)C)CCC2)n1. The van der Waals surface area contributed by atoms with E-state index in [0.717, 1.165) is 30.7 Å². The number of carbonyl (C=O) groups excluding carboxylic acids is 1. The van der Waals surface area contributed by atoms with Gasteiger partial charge in [-0.3, -0.25) is 9.48 Å². The molecule has 1 aliphatic rings. The molecule has 0 saturated heterocycles. The van der Waals surface area contributed by atoms with E-state index in [1.807, 2.05) is 38.4 Å². The minimum atomic E-state index is -0.327. The molecule has 1 aromatic heterocycles. The summed E-state index contributed by atoms with van der Waals surface area (Å²) in [4.78, 5) is 12.3. The van der Waals surface area contributed by atoms with Crippen molar-refractivity contribution in [3.05, 3.63) is 17.5 Å². The third-order valence-corrected chi connectivity index (χ3v) is 3.58. The molecule has 0 spiro atoms. The van der Waals surface area contributed by atoms with E-state index in [1.165, 1.54) is 0 Å². The Hall–Kier alpha value is -1.12. The molecule has 0 bridgehead atoms. The molecule has 2 rings (SSSR count). The summed E-state index contributed by atoms with van der Waals surface area (Å²) in [7, 11) is 0. The first-order valence-corrected chi connectivity index (χ1v) is 6.05. The summed E-state index contributed by atoms with van der Waals surface area (Å²) in [5, 5.41) is 4.50. The van der Waals surface area contributed by atoms with Crippen LogP contribution >= 0.6 is 0 Å². The second kappa shape index (κ2) is 3.72. The van der Waals surface area contributed by atoms with Crippen molar-refractivity contribution in [1.82, 2.24) is 9.78 Å². The molecule has 16 heavy (non-hydrogen) atoms. The number of hydrogen-bond donors (Lipinski definition) is 0. The molecular weight excluding hydrogens is 200 g/mol. The van der Waals surface area contributed by atoms with Crippen LogP contribution in [0, 0.1) is 19.8 Å². The molecule has 0 aromatic carbocycles. The number of aromatic nitrogens is 2. The highest BCUT2D eigenvalue weighted by Crippen LogP contribution is 2.42. The first-order valence-electron chi connectivity index (χ1n) is 6.05. The second-order valence-electron chi connectivity index (χ2n) is 5.24. The van der Waals surface area contributed by atoms with Crippen molar-refractivity contribution >= 4 is 5.78 Å². The molecule has 0 N–H and O–H groups in total. The third kappa shape index (κ3) is 1.49. The van der Waals surface area contributed by atoms with Crippen LogP contribution in [0.5, 0.6) is 0 Å². The van der Waals surface area contributed by atoms with Gasteiger partial charge in [-0.2, -0.15) is 5.10 Å². The standard InChI is InChI=1S/C13H20N2O/c1-9(2)12(16)13(6-5-7-13)15-11(4)8-10(3)14-15/h8-9H,5-7H2,1-4H3. The van der Waals surface area contributed by atoms with Crippen LogP contribution in [-0.2, 0) is 10.3 Å². The maximum Gasteiger partial charge on any atom is 0.162 e. The molecule has 0 aliphatic heterocycles. The molecule has 0 unspecified atom stereocenters. The number of hydrogen-bond acceptors (Lipinski definition) is 2. The van der Waals surface area contributed by atoms with E-state index in [1.54, 1.807) is 0 Å². The van der Waals surface area contributed by atoms with Crippen molar-refractivity contribution in [2.24, 2.45) is 5.92 Å². The maximum absolute atomic E-state index is 12.3. The van der Waals surface area contributed by atoms with Gasteiger partial charge in [0, 0.05) is 11.6 Å². The van der Waals surface area contributed by atoms with Crippen LogP contribution in [0.2, 0.25) is 0 Å². The predicted molar refractivity (Wildman–Crippen MR) is 63.4 cm³/mol. The van der Waals surface area contributed by atoms with Crippen molar-refractivity contribution in [3.8, 4) is 0 Å². The smallest absolute Gasteiger partial charge is 0.162 e. The van der Waals surface area contributed by atoms with E-state index >= 15 is 0 Å². The van der Waals surface area contributed by atoms with Gasteiger partial charge >= 0.3 is 0 Å². The van der Waals surface area contributed by atoms with Crippen LogP contribution in [0.25, 0.3) is 0 Å². The van der Waals surface area contributed by atoms with Gasteiger partial charge in [-0.15, -0.1) is 0 Å². The van der Waals surface area contributed by atoms with Crippen molar-refractivity contribution in [2.45, 2.75) is 52.5 Å². The number of Topliss-reactive ketones (excluding diaryl/α,β-unsaturated/α-hetero) is 1. The molecule has 1 heterocycles. The van der Waals surface area contributed by atoms with Gasteiger partial charge in [0.05, 0.1) is 5.69 Å².